The van der Waals surface area contributed by atoms with Crippen LogP contribution in [0.5, 0.6) is 0 Å². The molecule has 1 N–H and O–H groups in total. The van der Waals surface area contributed by atoms with Gasteiger partial charge in [-0.25, -0.2) is 9.78 Å². The molecule has 0 unspecified atom stereocenters. The van der Waals surface area contributed by atoms with Crippen LogP contribution in [0.4, 0.5) is 5.69 Å². The first-order valence-electron chi connectivity index (χ1n) is 9.80. The number of benzene rings is 2. The van der Waals surface area contributed by atoms with Gasteiger partial charge in [0, 0.05) is 31.0 Å². The van der Waals surface area contributed by atoms with E-state index in [0.717, 1.165) is 40.2 Å². The van der Waals surface area contributed by atoms with Crippen LogP contribution in [0.15, 0.2) is 65.0 Å². The smallest absolute Gasteiger partial charge is 0.341 e. The lowest BCUT2D eigenvalue weighted by Crippen LogP contribution is -2.18. The second kappa shape index (κ2) is 7.42. The first-order chi connectivity index (χ1) is 14.6. The van der Waals surface area contributed by atoms with E-state index in [1.165, 1.54) is 36.4 Å². The molecule has 2 aromatic heterocycles. The van der Waals surface area contributed by atoms with Crippen LogP contribution in [-0.2, 0) is 0 Å². The van der Waals surface area contributed by atoms with Gasteiger partial charge in [0.25, 0.3) is 0 Å². The average Bonchev–Trinajstić information content (AvgIpc) is 3.45. The summed E-state index contributed by atoms with van der Waals surface area (Å²) >= 11 is 1.49. The number of hydrogen-bond donors (Lipinski definition) is 1. The van der Waals surface area contributed by atoms with Crippen molar-refractivity contribution in [2.75, 3.05) is 18.0 Å². The normalized spacial score (nSPS) is 13.8. The number of fused-ring (bicyclic) bond motifs is 1. The van der Waals surface area contributed by atoms with Crippen LogP contribution in [-0.4, -0.2) is 33.7 Å². The molecule has 1 saturated heterocycles. The lowest BCUT2D eigenvalue weighted by molar-refractivity contribution is 0.0695. The molecule has 4 aromatic rings. The molecule has 0 radical (unpaired) electrons. The molecule has 0 bridgehead atoms. The zero-order valence-electron chi connectivity index (χ0n) is 16.1. The van der Waals surface area contributed by atoms with Crippen molar-refractivity contribution < 1.29 is 9.90 Å². The fourth-order valence-electron chi connectivity index (χ4n) is 4.00. The number of aromatic carboxylic acids is 1. The summed E-state index contributed by atoms with van der Waals surface area (Å²) in [5.74, 6) is -1.24. The van der Waals surface area contributed by atoms with E-state index in [4.69, 9.17) is 0 Å². The van der Waals surface area contributed by atoms with Gasteiger partial charge in [0.2, 0.25) is 0 Å². The van der Waals surface area contributed by atoms with Crippen molar-refractivity contribution in [3.8, 4) is 16.9 Å². The van der Waals surface area contributed by atoms with Gasteiger partial charge >= 0.3 is 5.97 Å². The number of hydrogen-bond acceptors (Lipinski definition) is 5. The third kappa shape index (κ3) is 3.17. The summed E-state index contributed by atoms with van der Waals surface area (Å²) < 4.78 is 2.73. The van der Waals surface area contributed by atoms with Gasteiger partial charge in [-0.2, -0.15) is 0 Å². The Morgan fingerprint density at radius 3 is 2.57 bits per heavy atom. The number of pyridine rings is 1. The largest absolute Gasteiger partial charge is 0.477 e. The van der Waals surface area contributed by atoms with Gasteiger partial charge < -0.3 is 14.6 Å². The summed E-state index contributed by atoms with van der Waals surface area (Å²) in [4.78, 5) is 30.9. The molecule has 0 amide bonds. The van der Waals surface area contributed by atoms with Crippen LogP contribution in [0.2, 0.25) is 0 Å². The molecular weight excluding hydrogens is 398 g/mol. The predicted molar refractivity (Wildman–Crippen MR) is 119 cm³/mol. The highest BCUT2D eigenvalue weighted by molar-refractivity contribution is 7.17. The second-order valence-corrected chi connectivity index (χ2v) is 8.19. The number of thiazole rings is 1. The summed E-state index contributed by atoms with van der Waals surface area (Å²) in [7, 11) is 0. The van der Waals surface area contributed by atoms with E-state index in [0.29, 0.717) is 5.69 Å². The molecule has 30 heavy (non-hydrogen) atoms. The molecule has 6 nitrogen and oxygen atoms in total. The molecule has 150 valence electrons. The molecule has 5 rings (SSSR count). The summed E-state index contributed by atoms with van der Waals surface area (Å²) in [6, 6.07) is 15.2. The van der Waals surface area contributed by atoms with Gasteiger partial charge in [-0.3, -0.25) is 4.79 Å². The van der Waals surface area contributed by atoms with Crippen LogP contribution in [0, 0.1) is 0 Å². The van der Waals surface area contributed by atoms with Crippen molar-refractivity contribution in [1.82, 2.24) is 9.55 Å². The van der Waals surface area contributed by atoms with Gasteiger partial charge in [0.05, 0.1) is 27.1 Å². The molecule has 3 heterocycles. The minimum Gasteiger partial charge on any atom is -0.477 e. The van der Waals surface area contributed by atoms with Gasteiger partial charge in [-0.15, -0.1) is 11.3 Å². The van der Waals surface area contributed by atoms with Crippen LogP contribution >= 0.6 is 11.3 Å². The quantitative estimate of drug-likeness (QED) is 0.532. The Labute approximate surface area is 176 Å². The summed E-state index contributed by atoms with van der Waals surface area (Å²) in [6.45, 7) is 2.12. The number of anilines is 1. The van der Waals surface area contributed by atoms with Crippen molar-refractivity contribution in [1.29, 1.82) is 0 Å². The van der Waals surface area contributed by atoms with Crippen molar-refractivity contribution in [3.05, 3.63) is 76.0 Å². The predicted octanol–water partition coefficient (Wildman–Crippen LogP) is 4.41. The van der Waals surface area contributed by atoms with Crippen molar-refractivity contribution >= 4 is 33.2 Å². The highest BCUT2D eigenvalue weighted by Crippen LogP contribution is 2.31. The number of carbonyl (C=O) groups is 1. The van der Waals surface area contributed by atoms with Gasteiger partial charge in [-0.05, 0) is 42.7 Å². The Morgan fingerprint density at radius 1 is 1.07 bits per heavy atom. The monoisotopic (exact) mass is 417 g/mol. The van der Waals surface area contributed by atoms with E-state index in [-0.39, 0.29) is 5.56 Å². The van der Waals surface area contributed by atoms with Crippen molar-refractivity contribution in [2.45, 2.75) is 12.8 Å². The molecule has 2 aromatic carbocycles. The van der Waals surface area contributed by atoms with Gasteiger partial charge in [0.1, 0.15) is 5.56 Å². The Hall–Kier alpha value is -3.45. The van der Waals surface area contributed by atoms with Crippen molar-refractivity contribution in [3.63, 3.8) is 0 Å². The molecule has 1 aliphatic rings. The van der Waals surface area contributed by atoms with E-state index in [9.17, 15) is 14.7 Å². The number of carboxylic acid groups (broad SMARTS) is 1. The van der Waals surface area contributed by atoms with E-state index in [2.05, 4.69) is 22.0 Å². The average molecular weight is 417 g/mol. The minimum atomic E-state index is -1.24. The third-order valence-corrected chi connectivity index (χ3v) is 6.38. The highest BCUT2D eigenvalue weighted by Gasteiger charge is 2.17. The molecule has 0 atom stereocenters. The standard InChI is InChI=1S/C23H19N3O3S/c27-21-12-20(15-6-8-16(9-7-15)25-10-1-2-11-25)26(13-17(21)23(28)29)19-5-3-4-18-22(19)30-14-24-18/h3-9,12-14H,1-2,10-11H2,(H,28,29). The van der Waals surface area contributed by atoms with E-state index in [1.807, 2.05) is 30.3 Å². The maximum Gasteiger partial charge on any atom is 0.341 e. The minimum absolute atomic E-state index is 0.256. The summed E-state index contributed by atoms with van der Waals surface area (Å²) in [5, 5.41) is 9.50. The maximum atomic E-state index is 12.5. The van der Waals surface area contributed by atoms with Crippen molar-refractivity contribution in [2.24, 2.45) is 0 Å². The third-order valence-electron chi connectivity index (χ3n) is 5.51. The molecule has 0 aliphatic carbocycles. The number of aromatic nitrogens is 2. The zero-order valence-corrected chi connectivity index (χ0v) is 16.9. The maximum absolute atomic E-state index is 12.5. The number of carboxylic acids is 1. The number of rotatable bonds is 4. The van der Waals surface area contributed by atoms with Crippen LogP contribution in [0.1, 0.15) is 23.2 Å². The summed E-state index contributed by atoms with van der Waals surface area (Å²) in [6.07, 6.45) is 3.83. The van der Waals surface area contributed by atoms with Crippen LogP contribution in [0.25, 0.3) is 27.2 Å². The molecular formula is C23H19N3O3S. The fraction of sp³-hybridized carbons (Fsp3) is 0.174. The Balaban J connectivity index is 1.70. The second-order valence-electron chi connectivity index (χ2n) is 7.33. The SMILES string of the molecule is O=C(O)c1cn(-c2cccc3ncsc23)c(-c2ccc(N3CCCC3)cc2)cc1=O. The first kappa shape index (κ1) is 18.6. The zero-order chi connectivity index (χ0) is 20.7. The van der Waals surface area contributed by atoms with Crippen LogP contribution < -0.4 is 10.3 Å². The van der Waals surface area contributed by atoms with Crippen LogP contribution in [0.3, 0.4) is 0 Å². The number of nitrogens with zero attached hydrogens (tertiary/aromatic N) is 3. The first-order valence-corrected chi connectivity index (χ1v) is 10.7. The molecule has 1 fully saturated rings. The molecule has 0 saturated carbocycles. The Kier molecular flexibility index (Phi) is 4.59. The van der Waals surface area contributed by atoms with E-state index >= 15 is 0 Å². The lowest BCUT2D eigenvalue weighted by atomic mass is 10.1. The van der Waals surface area contributed by atoms with E-state index in [1.54, 1.807) is 10.1 Å². The van der Waals surface area contributed by atoms with Gasteiger partial charge in [-0.1, -0.05) is 18.2 Å². The molecule has 0 spiro atoms. The molecule has 7 heteroatoms. The summed E-state index contributed by atoms with van der Waals surface area (Å²) in [5.41, 5.74) is 5.31. The Bertz CT molecular complexity index is 1300. The molecule has 1 aliphatic heterocycles. The highest BCUT2D eigenvalue weighted by atomic mass is 32.1. The lowest BCUT2D eigenvalue weighted by Gasteiger charge is -2.19. The Morgan fingerprint density at radius 2 is 1.83 bits per heavy atom. The topological polar surface area (TPSA) is 75.4 Å². The fourth-order valence-corrected chi connectivity index (χ4v) is 4.80. The van der Waals surface area contributed by atoms with Gasteiger partial charge in [0.15, 0.2) is 5.43 Å². The van der Waals surface area contributed by atoms with E-state index < -0.39 is 11.4 Å².